The molecule has 1 fully saturated rings. The van der Waals surface area contributed by atoms with Gasteiger partial charge in [-0.25, -0.2) is 4.39 Å². The number of aromatic nitrogens is 2. The molecular formula is C18H23FN4OS. The SMILES string of the molecule is CC(CC(=O)Nc1nnc(Cc2ccccc2F)s1)C1CCNCC1. The summed E-state index contributed by atoms with van der Waals surface area (Å²) < 4.78 is 13.7. The number of hydrogen-bond donors (Lipinski definition) is 2. The van der Waals surface area contributed by atoms with Crippen LogP contribution in [0.25, 0.3) is 0 Å². The van der Waals surface area contributed by atoms with E-state index < -0.39 is 0 Å². The third kappa shape index (κ3) is 5.06. The summed E-state index contributed by atoms with van der Waals surface area (Å²) in [5.74, 6) is 0.671. The van der Waals surface area contributed by atoms with E-state index in [0.717, 1.165) is 25.9 Å². The summed E-state index contributed by atoms with van der Waals surface area (Å²) in [6.45, 7) is 4.21. The van der Waals surface area contributed by atoms with Crippen LogP contribution in [-0.2, 0) is 11.2 Å². The van der Waals surface area contributed by atoms with E-state index in [-0.39, 0.29) is 11.7 Å². The van der Waals surface area contributed by atoms with Crippen LogP contribution in [0.4, 0.5) is 9.52 Å². The van der Waals surface area contributed by atoms with Crippen LogP contribution >= 0.6 is 11.3 Å². The van der Waals surface area contributed by atoms with Gasteiger partial charge in [-0.2, -0.15) is 0 Å². The Hall–Kier alpha value is -1.86. The molecular weight excluding hydrogens is 339 g/mol. The fraction of sp³-hybridized carbons (Fsp3) is 0.500. The number of carbonyl (C=O) groups is 1. The lowest BCUT2D eigenvalue weighted by Gasteiger charge is -2.27. The molecule has 1 aliphatic heterocycles. The highest BCUT2D eigenvalue weighted by Crippen LogP contribution is 2.25. The molecule has 1 aromatic heterocycles. The van der Waals surface area contributed by atoms with Crippen molar-refractivity contribution < 1.29 is 9.18 Å². The van der Waals surface area contributed by atoms with Crippen LogP contribution < -0.4 is 10.6 Å². The van der Waals surface area contributed by atoms with Crippen LogP contribution in [-0.4, -0.2) is 29.2 Å². The summed E-state index contributed by atoms with van der Waals surface area (Å²) in [5, 5.41) is 15.4. The van der Waals surface area contributed by atoms with Crippen molar-refractivity contribution in [2.75, 3.05) is 18.4 Å². The van der Waals surface area contributed by atoms with Crippen molar-refractivity contribution in [3.63, 3.8) is 0 Å². The topological polar surface area (TPSA) is 66.9 Å². The summed E-state index contributed by atoms with van der Waals surface area (Å²) in [5.41, 5.74) is 0.580. The number of nitrogens with one attached hydrogen (secondary N) is 2. The molecule has 7 heteroatoms. The molecule has 2 aromatic rings. The second-order valence-electron chi connectivity index (χ2n) is 6.59. The quantitative estimate of drug-likeness (QED) is 0.828. The lowest BCUT2D eigenvalue weighted by Crippen LogP contribution is -2.32. The van der Waals surface area contributed by atoms with Gasteiger partial charge >= 0.3 is 0 Å². The number of benzene rings is 1. The molecule has 1 aromatic carbocycles. The number of amides is 1. The van der Waals surface area contributed by atoms with Gasteiger partial charge in [0.05, 0.1) is 0 Å². The number of rotatable bonds is 6. The maximum absolute atomic E-state index is 13.7. The molecule has 1 amide bonds. The van der Waals surface area contributed by atoms with Crippen LogP contribution in [0.1, 0.15) is 36.8 Å². The van der Waals surface area contributed by atoms with Crippen molar-refractivity contribution in [3.8, 4) is 0 Å². The number of nitrogens with zero attached hydrogens (tertiary/aromatic N) is 2. The average molecular weight is 362 g/mol. The first kappa shape index (κ1) is 17.9. The Morgan fingerprint density at radius 1 is 1.36 bits per heavy atom. The van der Waals surface area contributed by atoms with E-state index in [1.807, 2.05) is 0 Å². The minimum atomic E-state index is -0.251. The number of hydrogen-bond acceptors (Lipinski definition) is 5. The predicted molar refractivity (Wildman–Crippen MR) is 97.1 cm³/mol. The van der Waals surface area contributed by atoms with Gasteiger partial charge in [-0.15, -0.1) is 10.2 Å². The Bertz CT molecular complexity index is 715. The molecule has 1 aliphatic rings. The van der Waals surface area contributed by atoms with Crippen LogP contribution in [0.3, 0.4) is 0 Å². The lowest BCUT2D eigenvalue weighted by molar-refractivity contribution is -0.117. The zero-order valence-corrected chi connectivity index (χ0v) is 15.1. The number of halogens is 1. The van der Waals surface area contributed by atoms with E-state index in [4.69, 9.17) is 0 Å². The molecule has 134 valence electrons. The standard InChI is InChI=1S/C18H23FN4OS/c1-12(13-6-8-20-9-7-13)10-16(24)21-18-23-22-17(25-18)11-14-4-2-3-5-15(14)19/h2-5,12-13,20H,6-11H2,1H3,(H,21,23,24). The highest BCUT2D eigenvalue weighted by atomic mass is 32.1. The van der Waals surface area contributed by atoms with Crippen LogP contribution in [0.15, 0.2) is 24.3 Å². The van der Waals surface area contributed by atoms with Gasteiger partial charge in [0.25, 0.3) is 0 Å². The first-order valence-electron chi connectivity index (χ1n) is 8.68. The van der Waals surface area contributed by atoms with Crippen molar-refractivity contribution in [2.45, 2.75) is 32.6 Å². The van der Waals surface area contributed by atoms with Crippen LogP contribution in [0.5, 0.6) is 0 Å². The van der Waals surface area contributed by atoms with Gasteiger partial charge in [0, 0.05) is 12.8 Å². The van der Waals surface area contributed by atoms with Crippen LogP contribution in [0.2, 0.25) is 0 Å². The van der Waals surface area contributed by atoms with E-state index in [0.29, 0.717) is 40.4 Å². The minimum Gasteiger partial charge on any atom is -0.317 e. The predicted octanol–water partition coefficient (Wildman–Crippen LogP) is 3.23. The third-order valence-corrected chi connectivity index (χ3v) is 5.55. The fourth-order valence-corrected chi connectivity index (χ4v) is 4.00. The molecule has 5 nitrogen and oxygen atoms in total. The Balaban J connectivity index is 1.52. The van der Waals surface area contributed by atoms with E-state index in [1.165, 1.54) is 17.4 Å². The van der Waals surface area contributed by atoms with Gasteiger partial charge in [0.15, 0.2) is 0 Å². The Labute approximate surface area is 151 Å². The molecule has 0 bridgehead atoms. The molecule has 0 aliphatic carbocycles. The molecule has 0 saturated carbocycles. The van der Waals surface area contributed by atoms with Crippen molar-refractivity contribution in [1.29, 1.82) is 0 Å². The highest BCUT2D eigenvalue weighted by molar-refractivity contribution is 7.15. The molecule has 0 spiro atoms. The first-order chi connectivity index (χ1) is 12.1. The minimum absolute atomic E-state index is 0.0281. The first-order valence-corrected chi connectivity index (χ1v) is 9.50. The molecule has 1 unspecified atom stereocenters. The number of carbonyl (C=O) groups excluding carboxylic acids is 1. The molecule has 3 rings (SSSR count). The van der Waals surface area contributed by atoms with Crippen molar-refractivity contribution in [1.82, 2.24) is 15.5 Å². The van der Waals surface area contributed by atoms with Gasteiger partial charge in [-0.05, 0) is 49.4 Å². The molecule has 0 radical (unpaired) electrons. The largest absolute Gasteiger partial charge is 0.317 e. The van der Waals surface area contributed by atoms with Gasteiger partial charge < -0.3 is 10.6 Å². The van der Waals surface area contributed by atoms with Crippen LogP contribution in [0, 0.1) is 17.7 Å². The summed E-state index contributed by atoms with van der Waals surface area (Å²) in [6, 6.07) is 6.62. The molecule has 1 atom stereocenters. The van der Waals surface area contributed by atoms with Crippen molar-refractivity contribution in [2.24, 2.45) is 11.8 Å². The molecule has 2 N–H and O–H groups in total. The number of anilines is 1. The van der Waals surface area contributed by atoms with Gasteiger partial charge in [0.2, 0.25) is 11.0 Å². The van der Waals surface area contributed by atoms with E-state index in [1.54, 1.807) is 18.2 Å². The monoisotopic (exact) mass is 362 g/mol. The maximum atomic E-state index is 13.7. The van der Waals surface area contributed by atoms with Gasteiger partial charge in [0.1, 0.15) is 10.8 Å². The van der Waals surface area contributed by atoms with Crippen molar-refractivity contribution in [3.05, 3.63) is 40.7 Å². The second kappa shape index (κ2) is 8.49. The highest BCUT2D eigenvalue weighted by Gasteiger charge is 2.22. The number of piperidine rings is 1. The summed E-state index contributed by atoms with van der Waals surface area (Å²) in [4.78, 5) is 12.2. The Kier molecular flexibility index (Phi) is 6.09. The van der Waals surface area contributed by atoms with Crippen molar-refractivity contribution >= 4 is 22.4 Å². The summed E-state index contributed by atoms with van der Waals surface area (Å²) in [7, 11) is 0. The summed E-state index contributed by atoms with van der Waals surface area (Å²) >= 11 is 1.30. The average Bonchev–Trinajstić information content (AvgIpc) is 3.04. The summed E-state index contributed by atoms with van der Waals surface area (Å²) in [6.07, 6.45) is 3.12. The normalized spacial score (nSPS) is 16.6. The zero-order valence-electron chi connectivity index (χ0n) is 14.3. The molecule has 2 heterocycles. The van der Waals surface area contributed by atoms with E-state index >= 15 is 0 Å². The Morgan fingerprint density at radius 3 is 2.88 bits per heavy atom. The van der Waals surface area contributed by atoms with E-state index in [2.05, 4.69) is 27.8 Å². The molecule has 1 saturated heterocycles. The maximum Gasteiger partial charge on any atom is 0.226 e. The molecule has 25 heavy (non-hydrogen) atoms. The Morgan fingerprint density at radius 2 is 2.12 bits per heavy atom. The second-order valence-corrected chi connectivity index (χ2v) is 7.65. The van der Waals surface area contributed by atoms with Gasteiger partial charge in [-0.3, -0.25) is 4.79 Å². The smallest absolute Gasteiger partial charge is 0.226 e. The lowest BCUT2D eigenvalue weighted by atomic mass is 9.84. The van der Waals surface area contributed by atoms with E-state index in [9.17, 15) is 9.18 Å². The van der Waals surface area contributed by atoms with Gasteiger partial charge in [-0.1, -0.05) is 36.5 Å². The third-order valence-electron chi connectivity index (χ3n) is 4.71. The zero-order chi connectivity index (χ0) is 17.6. The fourth-order valence-electron chi connectivity index (χ4n) is 3.22.